The fraction of sp³-hybridized carbons (Fsp3) is 0.500. The number of allylic oxidation sites excluding steroid dienone is 1. The van der Waals surface area contributed by atoms with E-state index in [9.17, 15) is 39.6 Å². The van der Waals surface area contributed by atoms with Gasteiger partial charge < -0.3 is 41.7 Å². The van der Waals surface area contributed by atoms with Gasteiger partial charge >= 0.3 is 0 Å². The number of primary amides is 1. The Morgan fingerprint density at radius 2 is 1.83 bits per heavy atom. The SMILES string of the molecule is CN(C)c1cc(NC(=O)C2CCCN2)c(O)c2c1C[C@H]1C[C@H]3[C@H](N(C)C)C(O)=C(C(N)=O)C(=O)[C@@]3(O)C(O)=C1C2=O. The third kappa shape index (κ3) is 4.10. The molecule has 13 nitrogen and oxygen atoms in total. The minimum absolute atomic E-state index is 0.00870. The van der Waals surface area contributed by atoms with Gasteiger partial charge in [-0.1, -0.05) is 0 Å². The first kappa shape index (κ1) is 28.6. The molecular formula is C28H35N5O8. The van der Waals surface area contributed by atoms with Crippen LogP contribution in [-0.4, -0.2) is 101 Å². The zero-order chi connectivity index (χ0) is 30.1. The summed E-state index contributed by atoms with van der Waals surface area (Å²) in [5.41, 5.74) is 2.42. The minimum Gasteiger partial charge on any atom is -0.510 e. The van der Waals surface area contributed by atoms with Crippen molar-refractivity contribution in [2.45, 2.75) is 43.4 Å². The molecule has 1 saturated heterocycles. The molecule has 0 saturated carbocycles. The molecular weight excluding hydrogens is 534 g/mol. The Labute approximate surface area is 236 Å². The van der Waals surface area contributed by atoms with Gasteiger partial charge in [0.15, 0.2) is 17.1 Å². The second-order valence-electron chi connectivity index (χ2n) is 11.6. The summed E-state index contributed by atoms with van der Waals surface area (Å²) in [5, 5.41) is 51.2. The quantitative estimate of drug-likeness (QED) is 0.184. The van der Waals surface area contributed by atoms with E-state index in [-0.39, 0.29) is 35.6 Å². The van der Waals surface area contributed by atoms with Crippen LogP contribution in [0, 0.1) is 11.8 Å². The van der Waals surface area contributed by atoms with E-state index in [0.29, 0.717) is 24.2 Å². The van der Waals surface area contributed by atoms with E-state index in [1.54, 1.807) is 39.2 Å². The molecule has 0 bridgehead atoms. The van der Waals surface area contributed by atoms with Crippen LogP contribution in [0.5, 0.6) is 5.75 Å². The lowest BCUT2D eigenvalue weighted by Crippen LogP contribution is -2.63. The second-order valence-corrected chi connectivity index (χ2v) is 11.6. The van der Waals surface area contributed by atoms with Crippen LogP contribution in [0.1, 0.15) is 35.2 Å². The molecule has 1 aromatic carbocycles. The van der Waals surface area contributed by atoms with Gasteiger partial charge in [0.2, 0.25) is 11.7 Å². The van der Waals surface area contributed by atoms with Crippen molar-refractivity contribution in [3.05, 3.63) is 39.9 Å². The number of nitrogens with two attached hydrogens (primary N) is 1. The number of likely N-dealkylation sites (N-methyl/N-ethyl adjacent to an activating group) is 1. The monoisotopic (exact) mass is 569 g/mol. The Hall–Kier alpha value is -3.94. The normalized spacial score (nSPS) is 29.3. The molecule has 1 aromatic rings. The highest BCUT2D eigenvalue weighted by molar-refractivity contribution is 6.25. The van der Waals surface area contributed by atoms with Crippen molar-refractivity contribution in [3.8, 4) is 5.75 Å². The Morgan fingerprint density at radius 1 is 1.15 bits per heavy atom. The maximum absolute atomic E-state index is 14.1. The number of aliphatic hydroxyl groups excluding tert-OH is 2. The summed E-state index contributed by atoms with van der Waals surface area (Å²) in [6.07, 6.45) is 1.59. The first-order valence-electron chi connectivity index (χ1n) is 13.5. The van der Waals surface area contributed by atoms with Crippen LogP contribution >= 0.6 is 0 Å². The van der Waals surface area contributed by atoms with Crippen molar-refractivity contribution < 1.29 is 39.6 Å². The summed E-state index contributed by atoms with van der Waals surface area (Å²) in [6.45, 7) is 0.687. The fourth-order valence-electron chi connectivity index (χ4n) is 6.92. The lowest BCUT2D eigenvalue weighted by molar-refractivity contribution is -0.148. The second kappa shape index (κ2) is 9.86. The van der Waals surface area contributed by atoms with Crippen molar-refractivity contribution in [1.82, 2.24) is 10.2 Å². The Balaban J connectivity index is 1.67. The molecule has 1 aliphatic heterocycles. The molecule has 0 spiro atoms. The molecule has 220 valence electrons. The van der Waals surface area contributed by atoms with E-state index >= 15 is 0 Å². The summed E-state index contributed by atoms with van der Waals surface area (Å²) in [4.78, 5) is 55.8. The maximum atomic E-state index is 14.1. The fourth-order valence-corrected chi connectivity index (χ4v) is 6.92. The number of phenols is 1. The lowest BCUT2D eigenvalue weighted by Gasteiger charge is -2.50. The van der Waals surface area contributed by atoms with E-state index in [2.05, 4.69) is 10.6 Å². The van der Waals surface area contributed by atoms with Gasteiger partial charge in [-0.25, -0.2) is 0 Å². The summed E-state index contributed by atoms with van der Waals surface area (Å²) in [6, 6.07) is 0.0713. The van der Waals surface area contributed by atoms with Gasteiger partial charge in [0, 0.05) is 31.3 Å². The number of carbonyl (C=O) groups is 4. The summed E-state index contributed by atoms with van der Waals surface area (Å²) >= 11 is 0. The molecule has 1 heterocycles. The number of aliphatic hydroxyl groups is 3. The first-order valence-corrected chi connectivity index (χ1v) is 13.5. The largest absolute Gasteiger partial charge is 0.510 e. The highest BCUT2D eigenvalue weighted by atomic mass is 16.3. The standard InChI is InChI=1S/C28H35N5O8/c1-32(2)16-10-15(31-27(40)14-6-5-7-30-14)21(34)18-12(16)8-11-9-13-20(33(3)4)23(36)19(26(29)39)25(38)28(13,41)24(37)17(11)22(18)35/h10-11,13-14,20,30,34,36-37,41H,5-9H2,1-4H3,(H2,29,39)(H,31,40)/t11-,13-,14?,20-,28-/m0/s1. The van der Waals surface area contributed by atoms with Crippen LogP contribution in [0.25, 0.3) is 0 Å². The van der Waals surface area contributed by atoms with Gasteiger partial charge in [0.25, 0.3) is 5.91 Å². The molecule has 5 atom stereocenters. The van der Waals surface area contributed by atoms with Crippen LogP contribution in [0.2, 0.25) is 0 Å². The Morgan fingerprint density at radius 3 is 2.39 bits per heavy atom. The maximum Gasteiger partial charge on any atom is 0.255 e. The number of amides is 2. The van der Waals surface area contributed by atoms with E-state index < -0.39 is 69.8 Å². The van der Waals surface area contributed by atoms with E-state index in [0.717, 1.165) is 6.42 Å². The molecule has 13 heteroatoms. The van der Waals surface area contributed by atoms with E-state index in [4.69, 9.17) is 5.73 Å². The van der Waals surface area contributed by atoms with Crippen molar-refractivity contribution in [2.24, 2.45) is 17.6 Å². The number of nitrogens with one attached hydrogen (secondary N) is 2. The van der Waals surface area contributed by atoms with Crippen LogP contribution in [-0.2, 0) is 20.8 Å². The number of nitrogens with zero attached hydrogens (tertiary/aromatic N) is 2. The van der Waals surface area contributed by atoms with Crippen LogP contribution < -0.4 is 21.3 Å². The molecule has 4 aliphatic rings. The van der Waals surface area contributed by atoms with Gasteiger partial charge in [-0.05, 0) is 63.9 Å². The molecule has 0 aromatic heterocycles. The number of hydrogen-bond acceptors (Lipinski definition) is 11. The molecule has 5 rings (SSSR count). The van der Waals surface area contributed by atoms with Crippen LogP contribution in [0.3, 0.4) is 0 Å². The average Bonchev–Trinajstić information content (AvgIpc) is 3.42. The number of hydrogen-bond donors (Lipinski definition) is 7. The third-order valence-corrected chi connectivity index (χ3v) is 8.82. The molecule has 3 aliphatic carbocycles. The van der Waals surface area contributed by atoms with Gasteiger partial charge in [-0.2, -0.15) is 0 Å². The highest BCUT2D eigenvalue weighted by Gasteiger charge is 2.63. The number of ketones is 2. The number of rotatable bonds is 5. The number of fused-ring (bicyclic) bond motifs is 3. The smallest absolute Gasteiger partial charge is 0.255 e. The molecule has 2 amide bonds. The van der Waals surface area contributed by atoms with Gasteiger partial charge in [-0.3, -0.25) is 24.1 Å². The van der Waals surface area contributed by atoms with E-state index in [1.807, 2.05) is 0 Å². The third-order valence-electron chi connectivity index (χ3n) is 8.82. The van der Waals surface area contributed by atoms with Crippen molar-refractivity contribution >= 4 is 34.8 Å². The predicted octanol–water partition coefficient (Wildman–Crippen LogP) is -0.123. The molecule has 1 fully saturated rings. The lowest BCUT2D eigenvalue weighted by atomic mass is 9.58. The average molecular weight is 570 g/mol. The van der Waals surface area contributed by atoms with E-state index in [1.165, 1.54) is 4.90 Å². The van der Waals surface area contributed by atoms with Crippen molar-refractivity contribution in [2.75, 3.05) is 45.0 Å². The number of anilines is 2. The molecule has 41 heavy (non-hydrogen) atoms. The van der Waals surface area contributed by atoms with Crippen LogP contribution in [0.4, 0.5) is 11.4 Å². The Kier molecular flexibility index (Phi) is 6.87. The zero-order valence-electron chi connectivity index (χ0n) is 23.3. The Bertz CT molecular complexity index is 1440. The highest BCUT2D eigenvalue weighted by Crippen LogP contribution is 2.53. The number of carbonyl (C=O) groups excluding carboxylic acids is 4. The van der Waals surface area contributed by atoms with Crippen molar-refractivity contribution in [3.63, 3.8) is 0 Å². The van der Waals surface area contributed by atoms with Crippen LogP contribution in [0.15, 0.2) is 28.7 Å². The van der Waals surface area contributed by atoms with Gasteiger partial charge in [0.05, 0.1) is 23.3 Å². The van der Waals surface area contributed by atoms with Gasteiger partial charge in [-0.15, -0.1) is 0 Å². The van der Waals surface area contributed by atoms with Gasteiger partial charge in [0.1, 0.15) is 17.1 Å². The zero-order valence-corrected chi connectivity index (χ0v) is 23.3. The summed E-state index contributed by atoms with van der Waals surface area (Å²) < 4.78 is 0. The summed E-state index contributed by atoms with van der Waals surface area (Å²) in [5.74, 6) is -7.61. The molecule has 0 radical (unpaired) electrons. The topological polar surface area (TPSA) is 206 Å². The number of Topliss-reactive ketones (excluding diaryl/α,β-unsaturated/α-hetero) is 2. The number of benzene rings is 1. The minimum atomic E-state index is -2.72. The van der Waals surface area contributed by atoms with Crippen molar-refractivity contribution in [1.29, 1.82) is 0 Å². The molecule has 1 unspecified atom stereocenters. The first-order chi connectivity index (χ1) is 19.2. The molecule has 8 N–H and O–H groups in total. The summed E-state index contributed by atoms with van der Waals surface area (Å²) in [7, 11) is 6.65. The number of phenolic OH excluding ortho intramolecular Hbond substituents is 1. The predicted molar refractivity (Wildman–Crippen MR) is 148 cm³/mol. The number of aromatic hydroxyl groups is 1.